The van der Waals surface area contributed by atoms with Gasteiger partial charge in [0, 0.05) is 34.0 Å². The van der Waals surface area contributed by atoms with E-state index in [4.69, 9.17) is 9.73 Å². The first-order valence-electron chi connectivity index (χ1n) is 5.55. The standard InChI is InChI=1S/C10H19N5O/c1-11-8-12-9(15(2)3)14-10(13-8)4-6-16-7-5-10/h4-7H2,1-3H3,(H2,11,12,13,14). The summed E-state index contributed by atoms with van der Waals surface area (Å²) >= 11 is 0. The van der Waals surface area contributed by atoms with Crippen molar-refractivity contribution in [3.05, 3.63) is 0 Å². The highest BCUT2D eigenvalue weighted by atomic mass is 16.5. The zero-order valence-corrected chi connectivity index (χ0v) is 10.1. The first-order chi connectivity index (χ1) is 7.65. The lowest BCUT2D eigenvalue weighted by molar-refractivity contribution is 0.0559. The molecule has 1 fully saturated rings. The molecule has 2 rings (SSSR count). The molecule has 0 unspecified atom stereocenters. The van der Waals surface area contributed by atoms with Gasteiger partial charge in [0.1, 0.15) is 0 Å². The Kier molecular flexibility index (Phi) is 3.00. The van der Waals surface area contributed by atoms with Crippen LogP contribution in [0, 0.1) is 0 Å². The van der Waals surface area contributed by atoms with E-state index in [1.165, 1.54) is 0 Å². The van der Waals surface area contributed by atoms with Crippen molar-refractivity contribution in [2.45, 2.75) is 18.5 Å². The Balaban J connectivity index is 2.26. The van der Waals surface area contributed by atoms with Crippen LogP contribution in [-0.4, -0.2) is 56.8 Å². The lowest BCUT2D eigenvalue weighted by atomic mass is 10.0. The quantitative estimate of drug-likeness (QED) is 0.588. The molecule has 0 aliphatic carbocycles. The Hall–Kier alpha value is -1.30. The SMILES string of the molecule is CNC1=NC2(CCOCC2)N=C(N(C)C)N1. The monoisotopic (exact) mass is 225 g/mol. The second-order valence-electron chi connectivity index (χ2n) is 4.26. The summed E-state index contributed by atoms with van der Waals surface area (Å²) in [6, 6.07) is 0. The molecule has 6 heteroatoms. The van der Waals surface area contributed by atoms with E-state index in [1.807, 2.05) is 26.0 Å². The van der Waals surface area contributed by atoms with Crippen LogP contribution in [0.1, 0.15) is 12.8 Å². The van der Waals surface area contributed by atoms with Crippen LogP contribution in [0.2, 0.25) is 0 Å². The highest BCUT2D eigenvalue weighted by molar-refractivity contribution is 6.00. The van der Waals surface area contributed by atoms with E-state index in [2.05, 4.69) is 15.6 Å². The molecule has 6 nitrogen and oxygen atoms in total. The summed E-state index contributed by atoms with van der Waals surface area (Å²) in [6.07, 6.45) is 1.69. The van der Waals surface area contributed by atoms with E-state index < -0.39 is 0 Å². The fourth-order valence-electron chi connectivity index (χ4n) is 1.84. The van der Waals surface area contributed by atoms with Crippen molar-refractivity contribution >= 4 is 11.9 Å². The average Bonchev–Trinajstić information content (AvgIpc) is 2.29. The van der Waals surface area contributed by atoms with Gasteiger partial charge in [-0.1, -0.05) is 0 Å². The first kappa shape index (κ1) is 11.2. The van der Waals surface area contributed by atoms with Crippen molar-refractivity contribution in [3.8, 4) is 0 Å². The fourth-order valence-corrected chi connectivity index (χ4v) is 1.84. The molecule has 16 heavy (non-hydrogen) atoms. The van der Waals surface area contributed by atoms with Crippen molar-refractivity contribution in [1.82, 2.24) is 15.5 Å². The molecule has 0 radical (unpaired) electrons. The van der Waals surface area contributed by atoms with Gasteiger partial charge in [-0.3, -0.25) is 5.32 Å². The lowest BCUT2D eigenvalue weighted by Gasteiger charge is -2.35. The molecule has 0 aromatic heterocycles. The van der Waals surface area contributed by atoms with Crippen LogP contribution in [0.3, 0.4) is 0 Å². The van der Waals surface area contributed by atoms with Crippen molar-refractivity contribution in [2.75, 3.05) is 34.4 Å². The topological polar surface area (TPSA) is 61.3 Å². The van der Waals surface area contributed by atoms with Gasteiger partial charge in [-0.25, -0.2) is 9.98 Å². The van der Waals surface area contributed by atoms with Crippen LogP contribution in [0.4, 0.5) is 0 Å². The maximum atomic E-state index is 5.37. The number of nitrogens with zero attached hydrogens (tertiary/aromatic N) is 3. The summed E-state index contributed by atoms with van der Waals surface area (Å²) in [7, 11) is 5.80. The van der Waals surface area contributed by atoms with Gasteiger partial charge in [-0.05, 0) is 0 Å². The van der Waals surface area contributed by atoms with E-state index in [1.54, 1.807) is 0 Å². The van der Waals surface area contributed by atoms with Gasteiger partial charge < -0.3 is 15.0 Å². The van der Waals surface area contributed by atoms with Gasteiger partial charge in [0.25, 0.3) is 0 Å². The molecule has 90 valence electrons. The molecule has 1 spiro atoms. The highest BCUT2D eigenvalue weighted by Gasteiger charge is 2.35. The van der Waals surface area contributed by atoms with Crippen molar-refractivity contribution in [3.63, 3.8) is 0 Å². The van der Waals surface area contributed by atoms with E-state index in [9.17, 15) is 0 Å². The molecular formula is C10H19N5O. The summed E-state index contributed by atoms with van der Waals surface area (Å²) in [5, 5.41) is 6.20. The second-order valence-corrected chi connectivity index (χ2v) is 4.26. The maximum Gasteiger partial charge on any atom is 0.202 e. The number of hydrogen-bond donors (Lipinski definition) is 2. The molecule has 0 bridgehead atoms. The highest BCUT2D eigenvalue weighted by Crippen LogP contribution is 2.28. The third-order valence-electron chi connectivity index (χ3n) is 2.82. The Labute approximate surface area is 95.8 Å². The van der Waals surface area contributed by atoms with Gasteiger partial charge in [-0.2, -0.15) is 0 Å². The Morgan fingerprint density at radius 1 is 1.31 bits per heavy atom. The molecule has 0 aromatic rings. The normalized spacial score (nSPS) is 23.2. The summed E-state index contributed by atoms with van der Waals surface area (Å²) in [4.78, 5) is 11.3. The Morgan fingerprint density at radius 3 is 2.56 bits per heavy atom. The van der Waals surface area contributed by atoms with Gasteiger partial charge in [-0.15, -0.1) is 0 Å². The van der Waals surface area contributed by atoms with E-state index >= 15 is 0 Å². The summed E-state index contributed by atoms with van der Waals surface area (Å²) in [5.41, 5.74) is -0.332. The van der Waals surface area contributed by atoms with E-state index in [0.717, 1.165) is 38.0 Å². The number of hydrogen-bond acceptors (Lipinski definition) is 6. The minimum Gasteiger partial charge on any atom is -0.381 e. The van der Waals surface area contributed by atoms with Crippen LogP contribution in [0.15, 0.2) is 9.98 Å². The molecule has 0 amide bonds. The predicted molar refractivity (Wildman–Crippen MR) is 63.5 cm³/mol. The lowest BCUT2D eigenvalue weighted by Crippen LogP contribution is -2.53. The molecule has 2 aliphatic heterocycles. The molecular weight excluding hydrogens is 206 g/mol. The van der Waals surface area contributed by atoms with Crippen LogP contribution >= 0.6 is 0 Å². The van der Waals surface area contributed by atoms with Gasteiger partial charge in [0.2, 0.25) is 5.96 Å². The van der Waals surface area contributed by atoms with Crippen LogP contribution in [0.5, 0.6) is 0 Å². The third kappa shape index (κ3) is 2.11. The number of guanidine groups is 2. The number of rotatable bonds is 0. The first-order valence-corrected chi connectivity index (χ1v) is 5.55. The summed E-state index contributed by atoms with van der Waals surface area (Å²) < 4.78 is 5.37. The number of aliphatic imine (C=N–C) groups is 2. The zero-order chi connectivity index (χ0) is 11.6. The van der Waals surface area contributed by atoms with Crippen molar-refractivity contribution < 1.29 is 4.74 Å². The molecule has 2 heterocycles. The third-order valence-corrected chi connectivity index (χ3v) is 2.82. The summed E-state index contributed by atoms with van der Waals surface area (Å²) in [6.45, 7) is 1.45. The fraction of sp³-hybridized carbons (Fsp3) is 0.800. The smallest absolute Gasteiger partial charge is 0.202 e. The van der Waals surface area contributed by atoms with Crippen molar-refractivity contribution in [1.29, 1.82) is 0 Å². The average molecular weight is 225 g/mol. The molecule has 2 N–H and O–H groups in total. The van der Waals surface area contributed by atoms with Crippen LogP contribution < -0.4 is 10.6 Å². The van der Waals surface area contributed by atoms with Crippen LogP contribution in [-0.2, 0) is 4.74 Å². The molecule has 0 atom stereocenters. The molecule has 0 aromatic carbocycles. The summed E-state index contributed by atoms with van der Waals surface area (Å²) in [5.74, 6) is 1.63. The number of ether oxygens (including phenoxy) is 1. The zero-order valence-electron chi connectivity index (χ0n) is 10.1. The molecule has 0 saturated carbocycles. The van der Waals surface area contributed by atoms with Crippen molar-refractivity contribution in [2.24, 2.45) is 9.98 Å². The Morgan fingerprint density at radius 2 is 2.00 bits per heavy atom. The van der Waals surface area contributed by atoms with Gasteiger partial charge in [0.15, 0.2) is 11.6 Å². The van der Waals surface area contributed by atoms with E-state index in [0.29, 0.717) is 0 Å². The largest absolute Gasteiger partial charge is 0.381 e. The van der Waals surface area contributed by atoms with E-state index in [-0.39, 0.29) is 5.66 Å². The van der Waals surface area contributed by atoms with Crippen LogP contribution in [0.25, 0.3) is 0 Å². The second kappa shape index (κ2) is 4.29. The number of nitrogens with one attached hydrogen (secondary N) is 2. The minimum atomic E-state index is -0.332. The molecule has 1 saturated heterocycles. The Bertz CT molecular complexity index is 317. The maximum absolute atomic E-state index is 5.37. The predicted octanol–water partition coefficient (Wildman–Crippen LogP) is -0.411. The van der Waals surface area contributed by atoms with Gasteiger partial charge in [0.05, 0.1) is 13.2 Å². The van der Waals surface area contributed by atoms with Gasteiger partial charge >= 0.3 is 0 Å². The minimum absolute atomic E-state index is 0.332. The molecule has 2 aliphatic rings.